The van der Waals surface area contributed by atoms with Crippen LogP contribution >= 0.6 is 11.8 Å². The van der Waals surface area contributed by atoms with Crippen molar-refractivity contribution in [3.8, 4) is 0 Å². The van der Waals surface area contributed by atoms with Crippen molar-refractivity contribution < 1.29 is 14.3 Å². The zero-order chi connectivity index (χ0) is 15.2. The highest BCUT2D eigenvalue weighted by molar-refractivity contribution is 8.00. The van der Waals surface area contributed by atoms with Crippen LogP contribution < -0.4 is 5.32 Å². The second-order valence-electron chi connectivity index (χ2n) is 6.14. The van der Waals surface area contributed by atoms with Crippen molar-refractivity contribution in [3.63, 3.8) is 0 Å². The molecule has 6 heteroatoms. The van der Waals surface area contributed by atoms with Gasteiger partial charge in [0.2, 0.25) is 11.8 Å². The molecule has 2 amide bonds. The number of carbonyl (C=O) groups excluding carboxylic acids is 2. The zero-order valence-electron chi connectivity index (χ0n) is 12.9. The number of amides is 2. The van der Waals surface area contributed by atoms with E-state index in [1.165, 1.54) is 11.8 Å². The zero-order valence-corrected chi connectivity index (χ0v) is 13.7. The highest BCUT2D eigenvalue weighted by Crippen LogP contribution is 2.18. The van der Waals surface area contributed by atoms with E-state index in [0.29, 0.717) is 37.8 Å². The minimum absolute atomic E-state index is 0.00722. The van der Waals surface area contributed by atoms with Gasteiger partial charge in [-0.2, -0.15) is 0 Å². The summed E-state index contributed by atoms with van der Waals surface area (Å²) in [6, 6.07) is 0.116. The quantitative estimate of drug-likeness (QED) is 0.827. The van der Waals surface area contributed by atoms with E-state index in [-0.39, 0.29) is 23.3 Å². The van der Waals surface area contributed by atoms with Crippen LogP contribution in [-0.2, 0) is 14.3 Å². The van der Waals surface area contributed by atoms with Crippen LogP contribution in [0, 0.1) is 5.41 Å². The summed E-state index contributed by atoms with van der Waals surface area (Å²) in [5.41, 5.74) is 0.0456. The van der Waals surface area contributed by atoms with Crippen LogP contribution in [0.5, 0.6) is 0 Å². The van der Waals surface area contributed by atoms with E-state index >= 15 is 0 Å². The molecule has 116 valence electrons. The Balaban J connectivity index is 2.19. The van der Waals surface area contributed by atoms with Crippen molar-refractivity contribution in [2.45, 2.75) is 33.7 Å². The lowest BCUT2D eigenvalue weighted by atomic mass is 9.88. The largest absolute Gasteiger partial charge is 0.378 e. The molecule has 5 nitrogen and oxygen atoms in total. The summed E-state index contributed by atoms with van der Waals surface area (Å²) in [5, 5.41) is 2.97. The molecule has 1 unspecified atom stereocenters. The Morgan fingerprint density at radius 3 is 2.40 bits per heavy atom. The third-order valence-electron chi connectivity index (χ3n) is 3.50. The fourth-order valence-corrected chi connectivity index (χ4v) is 2.36. The van der Waals surface area contributed by atoms with E-state index < -0.39 is 0 Å². The Morgan fingerprint density at radius 2 is 1.85 bits per heavy atom. The Hall–Kier alpha value is -0.750. The number of nitrogens with zero attached hydrogens (tertiary/aromatic N) is 1. The Labute approximate surface area is 125 Å². The van der Waals surface area contributed by atoms with Crippen LogP contribution in [0.3, 0.4) is 0 Å². The van der Waals surface area contributed by atoms with E-state index in [9.17, 15) is 9.59 Å². The van der Waals surface area contributed by atoms with Crippen molar-refractivity contribution in [3.05, 3.63) is 0 Å². The third-order valence-corrected chi connectivity index (χ3v) is 4.42. The maximum Gasteiger partial charge on any atom is 0.232 e. The molecule has 1 aliphatic rings. The highest BCUT2D eigenvalue weighted by atomic mass is 32.2. The van der Waals surface area contributed by atoms with Crippen LogP contribution in [0.4, 0.5) is 0 Å². The van der Waals surface area contributed by atoms with Crippen molar-refractivity contribution in [2.24, 2.45) is 5.41 Å². The average molecular weight is 302 g/mol. The maximum absolute atomic E-state index is 11.9. The molecule has 1 saturated heterocycles. The van der Waals surface area contributed by atoms with Crippen molar-refractivity contribution in [1.82, 2.24) is 10.2 Å². The molecular weight excluding hydrogens is 276 g/mol. The molecule has 1 rings (SSSR count). The van der Waals surface area contributed by atoms with Gasteiger partial charge in [0.05, 0.1) is 24.7 Å². The lowest BCUT2D eigenvalue weighted by Crippen LogP contribution is -2.43. The molecule has 1 heterocycles. The van der Waals surface area contributed by atoms with Gasteiger partial charge in [0.25, 0.3) is 0 Å². The number of ether oxygens (including phenoxy) is 1. The highest BCUT2D eigenvalue weighted by Gasteiger charge is 2.22. The molecule has 1 aliphatic heterocycles. The number of hydrogen-bond donors (Lipinski definition) is 1. The normalized spacial score (nSPS) is 17.7. The summed E-state index contributed by atoms with van der Waals surface area (Å²) in [4.78, 5) is 25.5. The number of thioether (sulfide) groups is 1. The number of morpholine rings is 1. The summed E-state index contributed by atoms with van der Waals surface area (Å²) < 4.78 is 5.20. The second kappa shape index (κ2) is 7.88. The van der Waals surface area contributed by atoms with E-state index in [4.69, 9.17) is 4.74 Å². The lowest BCUT2D eigenvalue weighted by molar-refractivity contribution is -0.132. The molecule has 0 spiro atoms. The van der Waals surface area contributed by atoms with Gasteiger partial charge in [-0.15, -0.1) is 11.8 Å². The molecule has 0 aromatic heterocycles. The molecular formula is C14H26N2O3S. The van der Waals surface area contributed by atoms with Crippen molar-refractivity contribution in [1.29, 1.82) is 0 Å². The monoisotopic (exact) mass is 302 g/mol. The van der Waals surface area contributed by atoms with Crippen LogP contribution in [-0.4, -0.2) is 60.6 Å². The molecule has 20 heavy (non-hydrogen) atoms. The first-order valence-corrected chi connectivity index (χ1v) is 8.19. The Kier molecular flexibility index (Phi) is 6.82. The van der Waals surface area contributed by atoms with Gasteiger partial charge in [0, 0.05) is 19.1 Å². The molecule has 0 radical (unpaired) electrons. The van der Waals surface area contributed by atoms with E-state index in [1.54, 1.807) is 4.90 Å². The maximum atomic E-state index is 11.9. The number of hydrogen-bond acceptors (Lipinski definition) is 4. The van der Waals surface area contributed by atoms with Gasteiger partial charge in [-0.1, -0.05) is 20.8 Å². The third kappa shape index (κ3) is 6.13. The van der Waals surface area contributed by atoms with Crippen LogP contribution in [0.15, 0.2) is 0 Å². The van der Waals surface area contributed by atoms with Gasteiger partial charge in [-0.3, -0.25) is 9.59 Å². The van der Waals surface area contributed by atoms with E-state index in [0.717, 1.165) is 0 Å². The minimum Gasteiger partial charge on any atom is -0.378 e. The standard InChI is InChI=1S/C14H26N2O3S/c1-11(14(2,3)4)15-12(17)9-20-10-13(18)16-5-7-19-8-6-16/h11H,5-10H2,1-4H3,(H,15,17). The summed E-state index contributed by atoms with van der Waals surface area (Å²) in [7, 11) is 0. The van der Waals surface area contributed by atoms with Gasteiger partial charge in [0.15, 0.2) is 0 Å². The summed E-state index contributed by atoms with van der Waals surface area (Å²) >= 11 is 1.37. The van der Waals surface area contributed by atoms with Gasteiger partial charge in [-0.25, -0.2) is 0 Å². The van der Waals surface area contributed by atoms with Crippen LogP contribution in [0.25, 0.3) is 0 Å². The molecule has 0 aromatic rings. The van der Waals surface area contributed by atoms with E-state index in [2.05, 4.69) is 26.1 Å². The van der Waals surface area contributed by atoms with Crippen molar-refractivity contribution in [2.75, 3.05) is 37.8 Å². The predicted octanol–water partition coefficient (Wildman–Crippen LogP) is 1.13. The average Bonchev–Trinajstić information content (AvgIpc) is 2.38. The fraction of sp³-hybridized carbons (Fsp3) is 0.857. The van der Waals surface area contributed by atoms with E-state index in [1.807, 2.05) is 6.92 Å². The number of nitrogens with one attached hydrogen (secondary N) is 1. The minimum atomic E-state index is -0.00722. The Morgan fingerprint density at radius 1 is 1.25 bits per heavy atom. The van der Waals surface area contributed by atoms with Crippen LogP contribution in [0.2, 0.25) is 0 Å². The first kappa shape index (κ1) is 17.3. The van der Waals surface area contributed by atoms with Crippen LogP contribution in [0.1, 0.15) is 27.7 Å². The molecule has 0 aliphatic carbocycles. The van der Waals surface area contributed by atoms with Gasteiger partial charge >= 0.3 is 0 Å². The molecule has 1 fully saturated rings. The molecule has 0 aromatic carbocycles. The van der Waals surface area contributed by atoms with Gasteiger partial charge < -0.3 is 15.0 Å². The first-order chi connectivity index (χ1) is 9.30. The fourth-order valence-electron chi connectivity index (χ4n) is 1.63. The predicted molar refractivity (Wildman–Crippen MR) is 81.8 cm³/mol. The lowest BCUT2D eigenvalue weighted by Gasteiger charge is -2.28. The first-order valence-electron chi connectivity index (χ1n) is 7.03. The summed E-state index contributed by atoms with van der Waals surface area (Å²) in [6.07, 6.45) is 0. The second-order valence-corrected chi connectivity index (χ2v) is 7.13. The molecule has 0 bridgehead atoms. The Bertz CT molecular complexity index is 336. The smallest absolute Gasteiger partial charge is 0.232 e. The summed E-state index contributed by atoms with van der Waals surface area (Å²) in [6.45, 7) is 10.8. The van der Waals surface area contributed by atoms with Gasteiger partial charge in [0.1, 0.15) is 0 Å². The number of rotatable bonds is 5. The number of carbonyl (C=O) groups is 2. The molecule has 0 saturated carbocycles. The summed E-state index contributed by atoms with van der Waals surface area (Å²) in [5.74, 6) is 0.774. The van der Waals surface area contributed by atoms with Gasteiger partial charge in [-0.05, 0) is 12.3 Å². The SMILES string of the molecule is CC(NC(=O)CSCC(=O)N1CCOCC1)C(C)(C)C. The molecule has 1 atom stereocenters. The van der Waals surface area contributed by atoms with Crippen molar-refractivity contribution >= 4 is 23.6 Å². The topological polar surface area (TPSA) is 58.6 Å². The molecule has 1 N–H and O–H groups in total.